The summed E-state index contributed by atoms with van der Waals surface area (Å²) in [5.74, 6) is 6.94. The van der Waals surface area contributed by atoms with Gasteiger partial charge in [0.1, 0.15) is 6.33 Å². The second kappa shape index (κ2) is 7.92. The summed E-state index contributed by atoms with van der Waals surface area (Å²) in [6, 6.07) is 24.0. The fourth-order valence-corrected chi connectivity index (χ4v) is 3.68. The average molecular weight is 404 g/mol. The van der Waals surface area contributed by atoms with Gasteiger partial charge in [0.05, 0.1) is 17.4 Å². The minimum atomic E-state index is -0.0958. The summed E-state index contributed by atoms with van der Waals surface area (Å²) in [5.41, 5.74) is 4.94. The molecule has 5 rings (SSSR count). The molecule has 0 aliphatic carbocycles. The number of aromatic nitrogens is 4. The van der Waals surface area contributed by atoms with Crippen LogP contribution in [0.15, 0.2) is 83.9 Å². The topological polar surface area (TPSA) is 52.2 Å². The first kappa shape index (κ1) is 18.8. The number of nitrogens with zero attached hydrogens (tertiary/aromatic N) is 4. The van der Waals surface area contributed by atoms with E-state index in [9.17, 15) is 4.79 Å². The predicted octanol–water partition coefficient (Wildman–Crippen LogP) is 4.00. The molecule has 0 N–H and O–H groups in total. The minimum Gasteiger partial charge on any atom is -0.272 e. The molecule has 0 atom stereocenters. The lowest BCUT2D eigenvalue weighted by Crippen LogP contribution is -2.23. The standard InChI is InChI=1S/C26H20N4O/c1-19-10-12-20(13-11-19)8-5-9-21-14-15-24-23(16-21)25(31)29(26-28-27-18-30(24)26)17-22-6-3-2-4-7-22/h2-4,6-7,10-16,18H,8,17H2,1H3. The van der Waals surface area contributed by atoms with E-state index in [0.29, 0.717) is 24.1 Å². The van der Waals surface area contributed by atoms with Crippen LogP contribution < -0.4 is 5.56 Å². The Hall–Kier alpha value is -4.17. The van der Waals surface area contributed by atoms with E-state index in [4.69, 9.17) is 0 Å². The van der Waals surface area contributed by atoms with E-state index in [0.717, 1.165) is 16.6 Å². The Morgan fingerprint density at radius 3 is 2.55 bits per heavy atom. The summed E-state index contributed by atoms with van der Waals surface area (Å²) in [7, 11) is 0. The fourth-order valence-electron chi connectivity index (χ4n) is 3.68. The van der Waals surface area contributed by atoms with Gasteiger partial charge in [-0.3, -0.25) is 13.8 Å². The van der Waals surface area contributed by atoms with Crippen LogP contribution in [0, 0.1) is 18.8 Å². The average Bonchev–Trinajstić information content (AvgIpc) is 3.29. The van der Waals surface area contributed by atoms with Gasteiger partial charge in [-0.05, 0) is 36.2 Å². The van der Waals surface area contributed by atoms with Gasteiger partial charge < -0.3 is 0 Å². The van der Waals surface area contributed by atoms with Crippen LogP contribution in [0.3, 0.4) is 0 Å². The van der Waals surface area contributed by atoms with Crippen molar-refractivity contribution in [3.63, 3.8) is 0 Å². The zero-order chi connectivity index (χ0) is 21.2. The lowest BCUT2D eigenvalue weighted by molar-refractivity contribution is 0.766. The highest BCUT2D eigenvalue weighted by Gasteiger charge is 2.13. The van der Waals surface area contributed by atoms with Crippen molar-refractivity contribution >= 4 is 16.7 Å². The Morgan fingerprint density at radius 2 is 1.74 bits per heavy atom. The quantitative estimate of drug-likeness (QED) is 0.427. The predicted molar refractivity (Wildman–Crippen MR) is 122 cm³/mol. The lowest BCUT2D eigenvalue weighted by atomic mass is 10.1. The molecule has 0 fully saturated rings. The van der Waals surface area contributed by atoms with Gasteiger partial charge in [0.2, 0.25) is 5.78 Å². The number of rotatable bonds is 3. The first-order valence-electron chi connectivity index (χ1n) is 10.1. The molecule has 0 radical (unpaired) electrons. The molecule has 5 aromatic rings. The molecule has 3 aromatic carbocycles. The van der Waals surface area contributed by atoms with Crippen LogP contribution in [0.25, 0.3) is 16.7 Å². The number of fused-ring (bicyclic) bond motifs is 3. The Kier molecular flexibility index (Phi) is 4.81. The maximum Gasteiger partial charge on any atom is 0.263 e. The van der Waals surface area contributed by atoms with E-state index in [1.54, 1.807) is 10.9 Å². The van der Waals surface area contributed by atoms with Crippen molar-refractivity contribution < 1.29 is 0 Å². The van der Waals surface area contributed by atoms with Crippen LogP contribution >= 0.6 is 0 Å². The van der Waals surface area contributed by atoms with Crippen molar-refractivity contribution in [2.75, 3.05) is 0 Å². The van der Waals surface area contributed by atoms with Gasteiger partial charge in [0.25, 0.3) is 5.56 Å². The molecule has 0 aliphatic rings. The Bertz CT molecular complexity index is 1500. The van der Waals surface area contributed by atoms with E-state index in [1.165, 1.54) is 11.1 Å². The van der Waals surface area contributed by atoms with Gasteiger partial charge in [-0.1, -0.05) is 72.0 Å². The summed E-state index contributed by atoms with van der Waals surface area (Å²) in [5, 5.41) is 8.82. The number of aryl methyl sites for hydroxylation is 1. The summed E-state index contributed by atoms with van der Waals surface area (Å²) >= 11 is 0. The van der Waals surface area contributed by atoms with Crippen molar-refractivity contribution in [3.05, 3.63) is 112 Å². The van der Waals surface area contributed by atoms with E-state index >= 15 is 0 Å². The zero-order valence-corrected chi connectivity index (χ0v) is 17.1. The molecule has 0 unspecified atom stereocenters. The van der Waals surface area contributed by atoms with Gasteiger partial charge in [-0.25, -0.2) is 0 Å². The minimum absolute atomic E-state index is 0.0958. The van der Waals surface area contributed by atoms with Crippen molar-refractivity contribution in [1.82, 2.24) is 19.2 Å². The van der Waals surface area contributed by atoms with Crippen LogP contribution in [0.1, 0.15) is 22.3 Å². The summed E-state index contributed by atoms with van der Waals surface area (Å²) < 4.78 is 3.51. The third kappa shape index (κ3) is 3.72. The normalized spacial score (nSPS) is 10.9. The van der Waals surface area contributed by atoms with Crippen LogP contribution in [0.5, 0.6) is 0 Å². The van der Waals surface area contributed by atoms with Crippen molar-refractivity contribution in [2.24, 2.45) is 0 Å². The maximum atomic E-state index is 13.4. The molecule has 0 amide bonds. The Labute approximate surface area is 179 Å². The molecule has 0 saturated carbocycles. The fraction of sp³-hybridized carbons (Fsp3) is 0.115. The molecule has 0 bridgehead atoms. The largest absolute Gasteiger partial charge is 0.272 e. The van der Waals surface area contributed by atoms with E-state index in [1.807, 2.05) is 52.9 Å². The van der Waals surface area contributed by atoms with E-state index in [-0.39, 0.29) is 5.56 Å². The first-order valence-corrected chi connectivity index (χ1v) is 10.1. The smallest absolute Gasteiger partial charge is 0.263 e. The first-order chi connectivity index (χ1) is 15.2. The highest BCUT2D eigenvalue weighted by molar-refractivity contribution is 5.81. The number of hydrogen-bond donors (Lipinski definition) is 0. The van der Waals surface area contributed by atoms with Crippen molar-refractivity contribution in [3.8, 4) is 11.8 Å². The van der Waals surface area contributed by atoms with Crippen molar-refractivity contribution in [2.45, 2.75) is 19.9 Å². The maximum absolute atomic E-state index is 13.4. The molecule has 31 heavy (non-hydrogen) atoms. The molecule has 0 spiro atoms. The molecule has 5 heteroatoms. The van der Waals surface area contributed by atoms with Gasteiger partial charge in [-0.15, -0.1) is 10.2 Å². The van der Waals surface area contributed by atoms with Crippen molar-refractivity contribution in [1.29, 1.82) is 0 Å². The second-order valence-corrected chi connectivity index (χ2v) is 7.57. The Morgan fingerprint density at radius 1 is 0.935 bits per heavy atom. The van der Waals surface area contributed by atoms with Crippen LogP contribution in [-0.4, -0.2) is 19.2 Å². The monoisotopic (exact) mass is 404 g/mol. The lowest BCUT2D eigenvalue weighted by Gasteiger charge is -2.10. The van der Waals surface area contributed by atoms with Gasteiger partial charge in [0.15, 0.2) is 0 Å². The van der Waals surface area contributed by atoms with Gasteiger partial charge in [0, 0.05) is 12.0 Å². The molecule has 0 saturated heterocycles. The molecular weight excluding hydrogens is 384 g/mol. The zero-order valence-electron chi connectivity index (χ0n) is 17.1. The second-order valence-electron chi connectivity index (χ2n) is 7.57. The molecule has 2 heterocycles. The van der Waals surface area contributed by atoms with Gasteiger partial charge in [-0.2, -0.15) is 0 Å². The molecule has 0 aliphatic heterocycles. The number of hydrogen-bond acceptors (Lipinski definition) is 3. The molecule has 5 nitrogen and oxygen atoms in total. The highest BCUT2D eigenvalue weighted by Crippen LogP contribution is 2.15. The SMILES string of the molecule is Cc1ccc(CC#Cc2ccc3c(c2)c(=O)n(Cc2ccccc2)c2nncn32)cc1. The number of benzene rings is 3. The third-order valence-corrected chi connectivity index (χ3v) is 5.33. The summed E-state index contributed by atoms with van der Waals surface area (Å²) in [6.45, 7) is 2.50. The molecule has 150 valence electrons. The van der Waals surface area contributed by atoms with Crippen LogP contribution in [0.4, 0.5) is 0 Å². The summed E-state index contributed by atoms with van der Waals surface area (Å²) in [6.07, 6.45) is 2.31. The van der Waals surface area contributed by atoms with Gasteiger partial charge >= 0.3 is 0 Å². The van der Waals surface area contributed by atoms with E-state index < -0.39 is 0 Å². The summed E-state index contributed by atoms with van der Waals surface area (Å²) in [4.78, 5) is 13.4. The van der Waals surface area contributed by atoms with Crippen LogP contribution in [0.2, 0.25) is 0 Å². The van der Waals surface area contributed by atoms with Crippen LogP contribution in [-0.2, 0) is 13.0 Å². The third-order valence-electron chi connectivity index (χ3n) is 5.33. The highest BCUT2D eigenvalue weighted by atomic mass is 16.1. The Balaban J connectivity index is 1.56. The van der Waals surface area contributed by atoms with E-state index in [2.05, 4.69) is 53.2 Å². The molecule has 2 aromatic heterocycles. The molecular formula is C26H20N4O.